The second kappa shape index (κ2) is 19.6. The molecule has 0 aliphatic heterocycles. The second-order valence-electron chi connectivity index (χ2n) is 13.6. The topological polar surface area (TPSA) is 132 Å². The van der Waals surface area contributed by atoms with Gasteiger partial charge < -0.3 is 32.7 Å². The normalized spacial score (nSPS) is 13.1. The molecule has 0 aliphatic rings. The van der Waals surface area contributed by atoms with Crippen LogP contribution in [0, 0.1) is 11.3 Å². The zero-order valence-corrected chi connectivity index (χ0v) is 33.8. The monoisotopic (exact) mass is 766 g/mol. The van der Waals surface area contributed by atoms with Crippen LogP contribution in [-0.4, -0.2) is 95.1 Å². The lowest BCUT2D eigenvalue weighted by Crippen LogP contribution is -2.39. The minimum atomic E-state index is -1.65. The fourth-order valence-corrected chi connectivity index (χ4v) is 8.00. The summed E-state index contributed by atoms with van der Waals surface area (Å²) in [7, 11) is 5.44. The van der Waals surface area contributed by atoms with E-state index in [2.05, 4.69) is 70.5 Å². The van der Waals surface area contributed by atoms with Crippen molar-refractivity contribution in [1.29, 1.82) is 5.26 Å². The Kier molecular flexibility index (Phi) is 14.7. The molecule has 13 nitrogen and oxygen atoms in total. The summed E-state index contributed by atoms with van der Waals surface area (Å²) < 4.78 is 36.1. The summed E-state index contributed by atoms with van der Waals surface area (Å²) in [5.41, 5.74) is 2.79. The molecule has 0 spiro atoms. The van der Waals surface area contributed by atoms with E-state index >= 15 is 0 Å². The first-order chi connectivity index (χ1) is 26.6. The number of imidazole rings is 1. The molecule has 0 fully saturated rings. The van der Waals surface area contributed by atoms with E-state index < -0.39 is 20.2 Å². The van der Waals surface area contributed by atoms with E-state index in [0.717, 1.165) is 28.2 Å². The van der Waals surface area contributed by atoms with Gasteiger partial charge >= 0.3 is 0 Å². The van der Waals surface area contributed by atoms with Crippen LogP contribution < -0.4 is 9.47 Å². The van der Waals surface area contributed by atoms with Gasteiger partial charge in [-0.25, -0.2) is 24.6 Å². The predicted molar refractivity (Wildman–Crippen MR) is 216 cm³/mol. The number of nitrogens with zero attached hydrogens (tertiary/aromatic N) is 8. The van der Waals surface area contributed by atoms with Crippen molar-refractivity contribution >= 4 is 31.8 Å². The summed E-state index contributed by atoms with van der Waals surface area (Å²) >= 11 is 0. The summed E-state index contributed by atoms with van der Waals surface area (Å²) in [5, 5.41) is 9.40. The van der Waals surface area contributed by atoms with E-state index in [4.69, 9.17) is 23.3 Å². The van der Waals surface area contributed by atoms with Crippen molar-refractivity contribution in [2.45, 2.75) is 64.4 Å². The Bertz CT molecular complexity index is 1940. The lowest BCUT2D eigenvalue weighted by molar-refractivity contribution is -0.0381. The molecule has 1 unspecified atom stereocenters. The van der Waals surface area contributed by atoms with Gasteiger partial charge in [0.2, 0.25) is 0 Å². The Morgan fingerprint density at radius 3 is 2.00 bits per heavy atom. The minimum Gasteiger partial charge on any atom is -0.497 e. The van der Waals surface area contributed by atoms with Crippen molar-refractivity contribution in [3.63, 3.8) is 0 Å². The van der Waals surface area contributed by atoms with Crippen LogP contribution in [0.1, 0.15) is 50.8 Å². The minimum absolute atomic E-state index is 0.0932. The van der Waals surface area contributed by atoms with Crippen LogP contribution in [0.15, 0.2) is 96.5 Å². The van der Waals surface area contributed by atoms with Crippen molar-refractivity contribution in [3.05, 3.63) is 108 Å². The maximum absolute atomic E-state index is 9.40. The zero-order chi connectivity index (χ0) is 39.4. The maximum atomic E-state index is 9.40. The fraction of sp³-hybridized carbons (Fsp3) is 0.390. The third kappa shape index (κ3) is 10.0. The standard InChI is InChI=1S/C41H51N8O5P/c1-30(2)49(31(3)4)55(53-24-12-23-42)54-37(25-48-29-45-38-39(46-28-47(5)6)43-27-44-40(38)48)26-52-41(32-13-10-9-11-14-32,33-15-19-35(50-7)20-16-33)34-17-21-36(51-8)22-18-34/h9-11,13-22,27-31,37H,12,24-26H2,1-8H3/b46-28+/t37-,55?/m0/s1. The Balaban J connectivity index is 1.64. The summed E-state index contributed by atoms with van der Waals surface area (Å²) in [6.07, 6.45) is 4.54. The molecule has 2 atom stereocenters. The summed E-state index contributed by atoms with van der Waals surface area (Å²) in [4.78, 5) is 20.0. The van der Waals surface area contributed by atoms with Crippen molar-refractivity contribution in [2.24, 2.45) is 4.99 Å². The highest BCUT2D eigenvalue weighted by Crippen LogP contribution is 2.48. The van der Waals surface area contributed by atoms with E-state index in [1.165, 1.54) is 6.33 Å². The molecule has 0 N–H and O–H groups in total. The number of aromatic nitrogens is 4. The predicted octanol–water partition coefficient (Wildman–Crippen LogP) is 7.73. The lowest BCUT2D eigenvalue weighted by Gasteiger charge is -2.39. The van der Waals surface area contributed by atoms with E-state index in [9.17, 15) is 5.26 Å². The molecule has 0 bridgehead atoms. The van der Waals surface area contributed by atoms with E-state index in [0.29, 0.717) is 23.5 Å². The highest BCUT2D eigenvalue weighted by molar-refractivity contribution is 7.44. The van der Waals surface area contributed by atoms with Crippen molar-refractivity contribution < 1.29 is 23.3 Å². The first-order valence-electron chi connectivity index (χ1n) is 18.2. The molecule has 0 aliphatic carbocycles. The van der Waals surface area contributed by atoms with E-state index in [1.54, 1.807) is 26.9 Å². The third-order valence-corrected chi connectivity index (χ3v) is 10.9. The van der Waals surface area contributed by atoms with Gasteiger partial charge in [-0.15, -0.1) is 0 Å². The van der Waals surface area contributed by atoms with Gasteiger partial charge in [0, 0.05) is 26.2 Å². The van der Waals surface area contributed by atoms with Gasteiger partial charge in [-0.05, 0) is 68.7 Å². The number of fused-ring (bicyclic) bond motifs is 1. The molecule has 5 aromatic rings. The van der Waals surface area contributed by atoms with Gasteiger partial charge in [-0.1, -0.05) is 54.6 Å². The lowest BCUT2D eigenvalue weighted by atomic mass is 9.80. The van der Waals surface area contributed by atoms with Gasteiger partial charge in [-0.2, -0.15) is 5.26 Å². The number of rotatable bonds is 20. The Hall–Kier alpha value is -4.96. The zero-order valence-electron chi connectivity index (χ0n) is 32.9. The average Bonchev–Trinajstić information content (AvgIpc) is 3.60. The van der Waals surface area contributed by atoms with Crippen molar-refractivity contribution in [1.82, 2.24) is 29.1 Å². The summed E-state index contributed by atoms with van der Waals surface area (Å²) in [5.74, 6) is 1.92. The van der Waals surface area contributed by atoms with Crippen LogP contribution in [0.4, 0.5) is 5.82 Å². The summed E-state index contributed by atoms with van der Waals surface area (Å²) in [6, 6.07) is 28.4. The quantitative estimate of drug-likeness (QED) is 0.0253. The molecule has 55 heavy (non-hydrogen) atoms. The first-order valence-corrected chi connectivity index (χ1v) is 19.3. The van der Waals surface area contributed by atoms with Crippen LogP contribution in [0.2, 0.25) is 0 Å². The molecular formula is C41H51N8O5P. The molecule has 0 amide bonds. The SMILES string of the molecule is COc1ccc(C(OC[C@H](Cn2cnc3c(/N=C/N(C)C)ncnc32)OP(OCCC#N)N(C(C)C)C(C)C)(c2ccccc2)c2ccc(OC)cc2)cc1. The molecule has 2 heterocycles. The van der Waals surface area contributed by atoms with Crippen molar-refractivity contribution in [3.8, 4) is 17.6 Å². The molecule has 290 valence electrons. The molecule has 14 heteroatoms. The number of nitriles is 1. The van der Waals surface area contributed by atoms with E-state index in [-0.39, 0.29) is 31.7 Å². The van der Waals surface area contributed by atoms with Crippen LogP contribution >= 0.6 is 8.53 Å². The highest BCUT2D eigenvalue weighted by atomic mass is 31.2. The number of benzene rings is 3. The molecule has 0 saturated heterocycles. The largest absolute Gasteiger partial charge is 0.497 e. The van der Waals surface area contributed by atoms with Crippen LogP contribution in [-0.2, 0) is 25.9 Å². The van der Waals surface area contributed by atoms with Gasteiger partial charge in [-0.3, -0.25) is 0 Å². The second-order valence-corrected chi connectivity index (χ2v) is 15.0. The molecule has 3 aromatic carbocycles. The summed E-state index contributed by atoms with van der Waals surface area (Å²) in [6.45, 7) is 9.11. The Labute approximate surface area is 325 Å². The Morgan fingerprint density at radius 2 is 1.45 bits per heavy atom. The number of methoxy groups -OCH3 is 2. The number of aliphatic imine (C=N–C) groups is 1. The van der Waals surface area contributed by atoms with Gasteiger partial charge in [0.05, 0.1) is 59.1 Å². The highest BCUT2D eigenvalue weighted by Gasteiger charge is 2.40. The molecule has 5 rings (SSSR count). The average molecular weight is 767 g/mol. The Morgan fingerprint density at radius 1 is 0.855 bits per heavy atom. The van der Waals surface area contributed by atoms with Crippen LogP contribution in [0.5, 0.6) is 11.5 Å². The molecule has 2 aromatic heterocycles. The van der Waals surface area contributed by atoms with Gasteiger partial charge in [0.15, 0.2) is 17.0 Å². The molecule has 0 saturated carbocycles. The van der Waals surface area contributed by atoms with Crippen LogP contribution in [0.25, 0.3) is 11.2 Å². The first kappa shape index (κ1) is 41.2. The molecular weight excluding hydrogens is 715 g/mol. The molecule has 0 radical (unpaired) electrons. The third-order valence-electron chi connectivity index (χ3n) is 8.75. The smallest absolute Gasteiger partial charge is 0.259 e. The van der Waals surface area contributed by atoms with Gasteiger partial charge in [0.25, 0.3) is 8.53 Å². The number of hydrogen-bond acceptors (Lipinski definition) is 11. The maximum Gasteiger partial charge on any atom is 0.259 e. The number of hydrogen-bond donors (Lipinski definition) is 0. The number of ether oxygens (including phenoxy) is 3. The fourth-order valence-electron chi connectivity index (χ4n) is 6.32. The van der Waals surface area contributed by atoms with Gasteiger partial charge in [0.1, 0.15) is 29.5 Å². The van der Waals surface area contributed by atoms with Crippen molar-refractivity contribution in [2.75, 3.05) is 41.5 Å². The van der Waals surface area contributed by atoms with Crippen LogP contribution in [0.3, 0.4) is 0 Å². The van der Waals surface area contributed by atoms with E-state index in [1.807, 2.05) is 90.3 Å².